The fourth-order valence-electron chi connectivity index (χ4n) is 0.386. The quantitative estimate of drug-likeness (QED) is 0.359. The van der Waals surface area contributed by atoms with Gasteiger partial charge in [0.2, 0.25) is 0 Å². The third kappa shape index (κ3) is 23.4. The third-order valence-electron chi connectivity index (χ3n) is 0.625. The minimum Gasteiger partial charge on any atom is -0.478 e. The Morgan fingerprint density at radius 1 is 1.06 bits per heavy atom. The zero-order valence-corrected chi connectivity index (χ0v) is 10.1. The highest BCUT2D eigenvalue weighted by molar-refractivity contribution is 7.60. The lowest BCUT2D eigenvalue weighted by Crippen LogP contribution is -1.86. The van der Waals surface area contributed by atoms with E-state index in [1.54, 1.807) is 13.8 Å². The molecule has 0 heterocycles. The summed E-state index contributed by atoms with van der Waals surface area (Å²) < 4.78 is 22.2. The molecule has 0 unspecified atom stereocenters. The van der Waals surface area contributed by atoms with Gasteiger partial charge in [0, 0.05) is 6.08 Å². The van der Waals surface area contributed by atoms with Crippen LogP contribution in [0.4, 0.5) is 0 Å². The first-order valence-corrected chi connectivity index (χ1v) is 6.60. The van der Waals surface area contributed by atoms with Gasteiger partial charge in [0.25, 0.3) is 0 Å². The monoisotopic (exact) mass is 278 g/mol. The van der Waals surface area contributed by atoms with Gasteiger partial charge in [-0.25, -0.2) is 13.9 Å². The number of aliphatic carboxylic acids is 1. The first-order valence-electron chi connectivity index (χ1n) is 3.54. The molecule has 16 heavy (non-hydrogen) atoms. The number of rotatable bonds is 3. The highest BCUT2D eigenvalue weighted by Gasteiger charge is 2.27. The molecule has 0 aromatic heterocycles. The van der Waals surface area contributed by atoms with Crippen LogP contribution in [0.3, 0.4) is 0 Å². The van der Waals surface area contributed by atoms with Crippen LogP contribution in [0, 0.1) is 0 Å². The molecule has 0 saturated heterocycles. The summed E-state index contributed by atoms with van der Waals surface area (Å²) in [6.07, 6.45) is 1.17. The van der Waals surface area contributed by atoms with Crippen molar-refractivity contribution >= 4 is 21.6 Å². The zero-order chi connectivity index (χ0) is 13.6. The largest absolute Gasteiger partial charge is 0.478 e. The van der Waals surface area contributed by atoms with Crippen LogP contribution in [0.1, 0.15) is 13.8 Å². The fourth-order valence-corrected chi connectivity index (χ4v) is 1.49. The van der Waals surface area contributed by atoms with E-state index in [2.05, 4.69) is 4.31 Å². The summed E-state index contributed by atoms with van der Waals surface area (Å²) in [5.41, 5.74) is 0.813. The Morgan fingerprint density at radius 2 is 1.38 bits per heavy atom. The molecule has 0 radical (unpaired) electrons. The Labute approximate surface area is 90.9 Å². The third-order valence-corrected chi connectivity index (χ3v) is 2.33. The number of hydrogen-bond donors (Lipinski definition) is 5. The van der Waals surface area contributed by atoms with E-state index >= 15 is 0 Å². The van der Waals surface area contributed by atoms with Gasteiger partial charge in [-0.05, 0) is 13.8 Å². The average molecular weight is 278 g/mol. The van der Waals surface area contributed by atoms with Crippen molar-refractivity contribution in [3.05, 3.63) is 11.6 Å². The van der Waals surface area contributed by atoms with Gasteiger partial charge in [0.05, 0.1) is 0 Å². The second kappa shape index (κ2) is 6.93. The molecule has 0 amide bonds. The molecular weight excluding hydrogens is 266 g/mol. The second-order valence-corrected chi connectivity index (χ2v) is 5.24. The number of allylic oxidation sites excluding steroid dienone is 1. The summed E-state index contributed by atoms with van der Waals surface area (Å²) in [6.45, 7) is 3.49. The van der Waals surface area contributed by atoms with Crippen LogP contribution in [0.5, 0.6) is 0 Å². The van der Waals surface area contributed by atoms with Gasteiger partial charge in [-0.1, -0.05) is 5.57 Å². The molecule has 0 aromatic rings. The maximum absolute atomic E-state index is 9.73. The summed E-state index contributed by atoms with van der Waals surface area (Å²) in [5.74, 6) is -0.875. The Balaban J connectivity index is 0. The fraction of sp³-hybridized carbons (Fsp3) is 0.400. The van der Waals surface area contributed by atoms with Crippen molar-refractivity contribution < 1.29 is 42.9 Å². The van der Waals surface area contributed by atoms with Gasteiger partial charge in [-0.2, -0.15) is 4.31 Å². The Kier molecular flexibility index (Phi) is 7.73. The average Bonchev–Trinajstić information content (AvgIpc) is 1.72. The smallest absolute Gasteiger partial charge is 0.478 e. The lowest BCUT2D eigenvalue weighted by Gasteiger charge is -2.03. The predicted octanol–water partition coefficient (Wildman–Crippen LogP) is 0.226. The first-order chi connectivity index (χ1) is 6.83. The molecule has 0 bridgehead atoms. The number of carbonyl (C=O) groups is 1. The van der Waals surface area contributed by atoms with Gasteiger partial charge in [0.15, 0.2) is 0 Å². The Morgan fingerprint density at radius 3 is 1.38 bits per heavy atom. The molecule has 0 rings (SSSR count). The molecule has 11 heteroatoms. The predicted molar refractivity (Wildman–Crippen MR) is 52.2 cm³/mol. The maximum Gasteiger partial charge on any atom is 0.478 e. The molecule has 0 atom stereocenters. The van der Waals surface area contributed by atoms with E-state index in [0.29, 0.717) is 0 Å². The summed E-state index contributed by atoms with van der Waals surface area (Å²) >= 11 is 0. The van der Waals surface area contributed by atoms with E-state index in [4.69, 9.17) is 24.7 Å². The van der Waals surface area contributed by atoms with E-state index in [0.717, 1.165) is 5.57 Å². The van der Waals surface area contributed by atoms with E-state index in [1.165, 1.54) is 6.08 Å². The van der Waals surface area contributed by atoms with E-state index < -0.39 is 21.6 Å². The van der Waals surface area contributed by atoms with Crippen molar-refractivity contribution in [2.24, 2.45) is 0 Å². The van der Waals surface area contributed by atoms with Crippen molar-refractivity contribution in [1.82, 2.24) is 0 Å². The molecule has 0 spiro atoms. The van der Waals surface area contributed by atoms with E-state index in [1.807, 2.05) is 0 Å². The van der Waals surface area contributed by atoms with Crippen LogP contribution < -0.4 is 0 Å². The summed E-state index contributed by atoms with van der Waals surface area (Å²) in [5, 5.41) is 8.01. The maximum atomic E-state index is 9.73. The second-order valence-electron chi connectivity index (χ2n) is 2.62. The molecule has 0 aliphatic rings. The summed E-state index contributed by atoms with van der Waals surface area (Å²) in [4.78, 5) is 40.7. The van der Waals surface area contributed by atoms with Crippen molar-refractivity contribution in [3.63, 3.8) is 0 Å². The zero-order valence-electron chi connectivity index (χ0n) is 8.34. The van der Waals surface area contributed by atoms with Gasteiger partial charge < -0.3 is 24.7 Å². The molecule has 9 nitrogen and oxygen atoms in total. The van der Waals surface area contributed by atoms with Gasteiger partial charge in [-0.15, -0.1) is 0 Å². The van der Waals surface area contributed by atoms with Crippen molar-refractivity contribution in [1.29, 1.82) is 0 Å². The Bertz CT molecular complexity index is 323. The number of carboxylic acid groups (broad SMARTS) is 1. The molecule has 96 valence electrons. The number of carboxylic acids is 1. The normalized spacial score (nSPS) is 11.1. The summed E-state index contributed by atoms with van der Waals surface area (Å²) in [6, 6.07) is 0. The highest BCUT2D eigenvalue weighted by atomic mass is 31.3. The standard InChI is InChI=1S/C5H8O2.H4O7P2/c1-4(2)3-5(6)7;1-8(2,3)7-9(4,5)6/h3H,1-2H3,(H,6,7);(H2,1,2,3)(H2,4,5,6). The first kappa shape index (κ1) is 17.9. The molecule has 5 N–H and O–H groups in total. The molecule has 0 fully saturated rings. The Hall–Kier alpha value is -0.530. The van der Waals surface area contributed by atoms with Crippen LogP contribution >= 0.6 is 15.6 Å². The molecule has 0 saturated carbocycles. The van der Waals surface area contributed by atoms with Gasteiger partial charge in [0.1, 0.15) is 0 Å². The van der Waals surface area contributed by atoms with Crippen LogP contribution in [-0.2, 0) is 18.2 Å². The van der Waals surface area contributed by atoms with Crippen LogP contribution in [-0.4, -0.2) is 30.6 Å². The number of hydrogen-bond acceptors (Lipinski definition) is 4. The highest BCUT2D eigenvalue weighted by Crippen LogP contribution is 2.53. The van der Waals surface area contributed by atoms with Crippen molar-refractivity contribution in [3.8, 4) is 0 Å². The minimum absolute atomic E-state index is 0.813. The van der Waals surface area contributed by atoms with Crippen LogP contribution in [0.2, 0.25) is 0 Å². The summed E-state index contributed by atoms with van der Waals surface area (Å²) in [7, 11) is -10.1. The van der Waals surface area contributed by atoms with Gasteiger partial charge in [-0.3, -0.25) is 0 Å². The van der Waals surface area contributed by atoms with Crippen LogP contribution in [0.15, 0.2) is 11.6 Å². The minimum atomic E-state index is -5.05. The van der Waals surface area contributed by atoms with Crippen molar-refractivity contribution in [2.75, 3.05) is 0 Å². The molecule has 0 aliphatic carbocycles. The lowest BCUT2D eigenvalue weighted by molar-refractivity contribution is -0.131. The topological polar surface area (TPSA) is 162 Å². The molecule has 0 aliphatic heterocycles. The molecular formula is C5H12O9P2. The van der Waals surface area contributed by atoms with Crippen molar-refractivity contribution in [2.45, 2.75) is 13.8 Å². The van der Waals surface area contributed by atoms with E-state index in [9.17, 15) is 13.9 Å². The SMILES string of the molecule is CC(C)=CC(=O)O.O=P(O)(O)OP(=O)(O)O. The number of phosphoric acid groups is 2. The van der Waals surface area contributed by atoms with E-state index in [-0.39, 0.29) is 0 Å². The molecule has 0 aromatic carbocycles. The van der Waals surface area contributed by atoms with Gasteiger partial charge >= 0.3 is 21.6 Å². The van der Waals surface area contributed by atoms with Crippen LogP contribution in [0.25, 0.3) is 0 Å². The lowest BCUT2D eigenvalue weighted by atomic mass is 10.3.